The van der Waals surface area contributed by atoms with E-state index in [1.54, 1.807) is 0 Å². The number of ether oxygens (including phenoxy) is 1. The Morgan fingerprint density at radius 2 is 2.22 bits per heavy atom. The smallest absolute Gasteiger partial charge is 0.336 e. The number of methoxy groups -OCH3 is 1. The summed E-state index contributed by atoms with van der Waals surface area (Å²) in [5, 5.41) is 13.1. The average Bonchev–Trinajstić information content (AvgIpc) is 2.29. The Hall–Kier alpha value is -2.15. The zero-order valence-electron chi connectivity index (χ0n) is 9.52. The summed E-state index contributed by atoms with van der Waals surface area (Å²) in [6.07, 6.45) is 0.384. The van der Waals surface area contributed by atoms with Gasteiger partial charge in [0.2, 0.25) is 11.7 Å². The quantitative estimate of drug-likeness (QED) is 0.514. The molecule has 0 radical (unpaired) electrons. The van der Waals surface area contributed by atoms with Crippen molar-refractivity contribution in [2.24, 2.45) is 0 Å². The molecule has 96 valence electrons. The second-order valence-corrected chi connectivity index (χ2v) is 3.67. The van der Waals surface area contributed by atoms with Gasteiger partial charge in [0.05, 0.1) is 22.6 Å². The van der Waals surface area contributed by atoms with Crippen LogP contribution in [0.2, 0.25) is 5.02 Å². The number of carbonyl (C=O) groups is 2. The third kappa shape index (κ3) is 2.57. The van der Waals surface area contributed by atoms with E-state index in [0.717, 1.165) is 0 Å². The number of aldehydes is 1. The molecular weight excluding hydrogens is 264 g/mol. The maximum atomic E-state index is 11.0. The van der Waals surface area contributed by atoms with E-state index in [2.05, 4.69) is 5.32 Å². The lowest BCUT2D eigenvalue weighted by Gasteiger charge is -2.11. The van der Waals surface area contributed by atoms with E-state index in [1.165, 1.54) is 20.1 Å². The standard InChI is InChI=1S/C10H9ClN2O5/c1-5(15)12-8-7(11)3-6(4-14)10(18-2)9(8)13(16)17/h3-4H,1-2H3,(H,12,15). The molecule has 7 nitrogen and oxygen atoms in total. The van der Waals surface area contributed by atoms with E-state index < -0.39 is 16.5 Å². The van der Waals surface area contributed by atoms with Crippen molar-refractivity contribution in [2.75, 3.05) is 12.4 Å². The molecule has 0 unspecified atom stereocenters. The van der Waals surface area contributed by atoms with E-state index in [4.69, 9.17) is 16.3 Å². The molecule has 1 rings (SSSR count). The van der Waals surface area contributed by atoms with Gasteiger partial charge in [0.1, 0.15) is 5.69 Å². The minimum Gasteiger partial charge on any atom is -0.490 e. The van der Waals surface area contributed by atoms with Crippen LogP contribution < -0.4 is 10.1 Å². The number of nitro groups is 1. The van der Waals surface area contributed by atoms with E-state index in [9.17, 15) is 19.7 Å². The summed E-state index contributed by atoms with van der Waals surface area (Å²) in [7, 11) is 1.18. The van der Waals surface area contributed by atoms with Crippen LogP contribution in [0.5, 0.6) is 5.75 Å². The van der Waals surface area contributed by atoms with E-state index >= 15 is 0 Å². The highest BCUT2D eigenvalue weighted by atomic mass is 35.5. The molecular formula is C10H9ClN2O5. The first-order chi connectivity index (χ1) is 8.42. The molecule has 0 saturated carbocycles. The van der Waals surface area contributed by atoms with Crippen LogP contribution in [0.1, 0.15) is 17.3 Å². The van der Waals surface area contributed by atoms with Crippen LogP contribution >= 0.6 is 11.6 Å². The molecule has 0 atom stereocenters. The van der Waals surface area contributed by atoms with Crippen LogP contribution in [0.3, 0.4) is 0 Å². The Morgan fingerprint density at radius 3 is 2.61 bits per heavy atom. The summed E-state index contributed by atoms with van der Waals surface area (Å²) >= 11 is 5.80. The lowest BCUT2D eigenvalue weighted by molar-refractivity contribution is -0.384. The van der Waals surface area contributed by atoms with Gasteiger partial charge in [-0.25, -0.2) is 0 Å². The highest BCUT2D eigenvalue weighted by Crippen LogP contribution is 2.42. The number of rotatable bonds is 4. The summed E-state index contributed by atoms with van der Waals surface area (Å²) in [6.45, 7) is 1.18. The van der Waals surface area contributed by atoms with Crippen LogP contribution in [0.25, 0.3) is 0 Å². The topological polar surface area (TPSA) is 98.5 Å². The predicted octanol–water partition coefficient (Wildman–Crippen LogP) is 2.03. The molecule has 0 aromatic heterocycles. The molecule has 0 spiro atoms. The molecule has 0 aliphatic rings. The first-order valence-electron chi connectivity index (χ1n) is 4.70. The average molecular weight is 273 g/mol. The van der Waals surface area contributed by atoms with Gasteiger partial charge in [0, 0.05) is 6.92 Å². The number of anilines is 1. The summed E-state index contributed by atoms with van der Waals surface area (Å²) in [5.41, 5.74) is -0.817. The number of carbonyl (C=O) groups excluding carboxylic acids is 2. The second kappa shape index (κ2) is 5.46. The molecule has 0 bridgehead atoms. The van der Waals surface area contributed by atoms with Crippen molar-refractivity contribution in [3.8, 4) is 5.75 Å². The molecule has 1 amide bonds. The molecule has 18 heavy (non-hydrogen) atoms. The fraction of sp³-hybridized carbons (Fsp3) is 0.200. The van der Waals surface area contributed by atoms with Crippen molar-refractivity contribution < 1.29 is 19.2 Å². The van der Waals surface area contributed by atoms with Crippen molar-refractivity contribution >= 4 is 35.2 Å². The van der Waals surface area contributed by atoms with Gasteiger partial charge >= 0.3 is 5.69 Å². The number of nitro benzene ring substituents is 1. The fourth-order valence-electron chi connectivity index (χ4n) is 1.41. The maximum absolute atomic E-state index is 11.0. The first kappa shape index (κ1) is 13.9. The zero-order chi connectivity index (χ0) is 13.9. The van der Waals surface area contributed by atoms with Gasteiger partial charge in [0.25, 0.3) is 0 Å². The Balaban J connectivity index is 3.64. The van der Waals surface area contributed by atoms with E-state index in [1.807, 2.05) is 0 Å². The van der Waals surface area contributed by atoms with Crippen LogP contribution in [-0.4, -0.2) is 24.2 Å². The molecule has 1 aromatic rings. The van der Waals surface area contributed by atoms with Gasteiger partial charge in [-0.3, -0.25) is 19.7 Å². The number of benzene rings is 1. The van der Waals surface area contributed by atoms with Gasteiger partial charge in [-0.05, 0) is 6.07 Å². The summed E-state index contributed by atoms with van der Waals surface area (Å²) in [6, 6.07) is 1.19. The second-order valence-electron chi connectivity index (χ2n) is 3.26. The summed E-state index contributed by atoms with van der Waals surface area (Å²) < 4.78 is 4.82. The minimum atomic E-state index is -0.775. The van der Waals surface area contributed by atoms with Gasteiger partial charge in [-0.1, -0.05) is 11.6 Å². The van der Waals surface area contributed by atoms with Gasteiger partial charge < -0.3 is 10.1 Å². The van der Waals surface area contributed by atoms with Crippen molar-refractivity contribution in [3.63, 3.8) is 0 Å². The lowest BCUT2D eigenvalue weighted by Crippen LogP contribution is -2.10. The Bertz CT molecular complexity index is 529. The van der Waals surface area contributed by atoms with Gasteiger partial charge in [0.15, 0.2) is 6.29 Å². The third-order valence-electron chi connectivity index (χ3n) is 2.05. The number of hydrogen-bond donors (Lipinski definition) is 1. The molecule has 1 N–H and O–H groups in total. The molecule has 0 fully saturated rings. The highest BCUT2D eigenvalue weighted by Gasteiger charge is 2.28. The molecule has 8 heteroatoms. The highest BCUT2D eigenvalue weighted by molar-refractivity contribution is 6.35. The van der Waals surface area contributed by atoms with Crippen molar-refractivity contribution in [2.45, 2.75) is 6.92 Å². The molecule has 1 aromatic carbocycles. The molecule has 0 saturated heterocycles. The SMILES string of the molecule is COc1c(C=O)cc(Cl)c(NC(C)=O)c1[N+](=O)[O-]. The maximum Gasteiger partial charge on any atom is 0.336 e. The number of halogens is 1. The largest absolute Gasteiger partial charge is 0.490 e. The number of amides is 1. The van der Waals surface area contributed by atoms with E-state index in [0.29, 0.717) is 6.29 Å². The van der Waals surface area contributed by atoms with Crippen LogP contribution in [0.4, 0.5) is 11.4 Å². The predicted molar refractivity (Wildman–Crippen MR) is 64.3 cm³/mol. The van der Waals surface area contributed by atoms with E-state index in [-0.39, 0.29) is 22.0 Å². The normalized spacial score (nSPS) is 9.72. The van der Waals surface area contributed by atoms with Gasteiger partial charge in [-0.2, -0.15) is 0 Å². The van der Waals surface area contributed by atoms with Crippen LogP contribution in [0.15, 0.2) is 6.07 Å². The zero-order valence-corrected chi connectivity index (χ0v) is 10.3. The monoisotopic (exact) mass is 272 g/mol. The fourth-order valence-corrected chi connectivity index (χ4v) is 1.66. The number of nitrogens with zero attached hydrogens (tertiary/aromatic N) is 1. The Kier molecular flexibility index (Phi) is 4.22. The first-order valence-corrected chi connectivity index (χ1v) is 5.07. The number of hydrogen-bond acceptors (Lipinski definition) is 5. The van der Waals surface area contributed by atoms with Crippen molar-refractivity contribution in [1.82, 2.24) is 0 Å². The lowest BCUT2D eigenvalue weighted by atomic mass is 10.1. The van der Waals surface area contributed by atoms with Crippen LogP contribution in [-0.2, 0) is 4.79 Å². The molecule has 0 aliphatic carbocycles. The Labute approximate surface area is 107 Å². The molecule has 0 heterocycles. The van der Waals surface area contributed by atoms with Crippen molar-refractivity contribution in [3.05, 3.63) is 26.8 Å². The minimum absolute atomic E-state index is 0.0664. The van der Waals surface area contributed by atoms with Crippen LogP contribution in [0, 0.1) is 10.1 Å². The van der Waals surface area contributed by atoms with Gasteiger partial charge in [-0.15, -0.1) is 0 Å². The summed E-state index contributed by atoms with van der Waals surface area (Å²) in [5.74, 6) is -0.774. The Morgan fingerprint density at radius 1 is 1.61 bits per heavy atom. The molecule has 0 aliphatic heterocycles. The third-order valence-corrected chi connectivity index (χ3v) is 2.35. The number of nitrogens with one attached hydrogen (secondary N) is 1. The summed E-state index contributed by atoms with van der Waals surface area (Å²) in [4.78, 5) is 32.0. The van der Waals surface area contributed by atoms with Crippen molar-refractivity contribution in [1.29, 1.82) is 0 Å².